The summed E-state index contributed by atoms with van der Waals surface area (Å²) >= 11 is 0. The minimum Gasteiger partial charge on any atom is -0.507 e. The molecule has 1 amide bonds. The van der Waals surface area contributed by atoms with Crippen LogP contribution >= 0.6 is 0 Å². The number of hydrogen-bond donors (Lipinski definition) is 2. The number of rotatable bonds is 4. The number of nitrogens with zero attached hydrogens (tertiary/aromatic N) is 1. The van der Waals surface area contributed by atoms with Gasteiger partial charge in [0.2, 0.25) is 0 Å². The Balaban J connectivity index is 1.94. The van der Waals surface area contributed by atoms with Crippen molar-refractivity contribution < 1.29 is 24.2 Å². The van der Waals surface area contributed by atoms with Crippen molar-refractivity contribution in [1.29, 1.82) is 0 Å². The first-order valence-corrected chi connectivity index (χ1v) is 6.97. The minimum absolute atomic E-state index is 0.0287. The van der Waals surface area contributed by atoms with Gasteiger partial charge in [0, 0.05) is 19.5 Å². The molecule has 1 fully saturated rings. The van der Waals surface area contributed by atoms with Crippen molar-refractivity contribution in [2.75, 3.05) is 13.1 Å². The Morgan fingerprint density at radius 1 is 1.29 bits per heavy atom. The van der Waals surface area contributed by atoms with E-state index in [4.69, 9.17) is 5.11 Å². The van der Waals surface area contributed by atoms with Gasteiger partial charge in [0.15, 0.2) is 0 Å². The summed E-state index contributed by atoms with van der Waals surface area (Å²) in [6, 6.07) is 3.31. The van der Waals surface area contributed by atoms with Crippen molar-refractivity contribution in [2.45, 2.75) is 25.7 Å². The van der Waals surface area contributed by atoms with Crippen LogP contribution in [0.3, 0.4) is 0 Å². The first-order chi connectivity index (χ1) is 9.97. The Kier molecular flexibility index (Phi) is 4.77. The Hall–Kier alpha value is -2.11. The molecule has 1 aliphatic rings. The van der Waals surface area contributed by atoms with Gasteiger partial charge in [0.05, 0.1) is 5.56 Å². The number of amides is 1. The topological polar surface area (TPSA) is 77.8 Å². The second kappa shape index (κ2) is 6.56. The fourth-order valence-electron chi connectivity index (χ4n) is 2.60. The summed E-state index contributed by atoms with van der Waals surface area (Å²) in [4.78, 5) is 24.4. The highest BCUT2D eigenvalue weighted by Crippen LogP contribution is 2.25. The molecule has 0 saturated carbocycles. The molecule has 1 aromatic rings. The zero-order valence-electron chi connectivity index (χ0n) is 11.6. The molecule has 2 N–H and O–H groups in total. The highest BCUT2D eigenvalue weighted by molar-refractivity contribution is 5.96. The van der Waals surface area contributed by atoms with Crippen LogP contribution in [0, 0.1) is 11.7 Å². The van der Waals surface area contributed by atoms with Crippen LogP contribution in [-0.2, 0) is 4.79 Å². The third kappa shape index (κ3) is 3.93. The standard InChI is InChI=1S/C15H18FNO4/c16-11-2-3-13(18)12(9-11)15(21)17-7-5-10(6-8-17)1-4-14(19)20/h2-3,9-10,18H,1,4-8H2,(H,19,20). The lowest BCUT2D eigenvalue weighted by Gasteiger charge is -2.32. The molecule has 1 aromatic carbocycles. The summed E-state index contributed by atoms with van der Waals surface area (Å²) in [5, 5.41) is 18.3. The predicted octanol–water partition coefficient (Wildman–Crippen LogP) is 2.25. The van der Waals surface area contributed by atoms with Crippen molar-refractivity contribution >= 4 is 11.9 Å². The van der Waals surface area contributed by atoms with E-state index in [1.54, 1.807) is 4.90 Å². The van der Waals surface area contributed by atoms with Gasteiger partial charge in [-0.3, -0.25) is 9.59 Å². The molecule has 0 bridgehead atoms. The number of aromatic hydroxyl groups is 1. The first-order valence-electron chi connectivity index (χ1n) is 6.97. The highest BCUT2D eigenvalue weighted by atomic mass is 19.1. The quantitative estimate of drug-likeness (QED) is 0.893. The summed E-state index contributed by atoms with van der Waals surface area (Å²) in [6.07, 6.45) is 2.22. The predicted molar refractivity (Wildman–Crippen MR) is 73.6 cm³/mol. The van der Waals surface area contributed by atoms with Crippen LogP contribution in [0.5, 0.6) is 5.75 Å². The summed E-state index contributed by atoms with van der Waals surface area (Å²) in [5.74, 6) is -1.69. The van der Waals surface area contributed by atoms with Gasteiger partial charge in [-0.15, -0.1) is 0 Å². The summed E-state index contributed by atoms with van der Waals surface area (Å²) in [6.45, 7) is 0.998. The number of carbonyl (C=O) groups excluding carboxylic acids is 1. The number of phenols is 1. The van der Waals surface area contributed by atoms with E-state index in [9.17, 15) is 19.1 Å². The number of carboxylic acids is 1. The number of carboxylic acid groups (broad SMARTS) is 1. The van der Waals surface area contributed by atoms with Gasteiger partial charge >= 0.3 is 5.97 Å². The second-order valence-electron chi connectivity index (χ2n) is 5.33. The molecule has 0 aromatic heterocycles. The van der Waals surface area contributed by atoms with E-state index >= 15 is 0 Å². The zero-order valence-corrected chi connectivity index (χ0v) is 11.6. The summed E-state index contributed by atoms with van der Waals surface area (Å²) in [5.41, 5.74) is -0.0287. The van der Waals surface area contributed by atoms with Crippen LogP contribution in [0.1, 0.15) is 36.0 Å². The maximum atomic E-state index is 13.2. The minimum atomic E-state index is -0.807. The third-order valence-corrected chi connectivity index (χ3v) is 3.86. The van der Waals surface area contributed by atoms with Gasteiger partial charge in [-0.2, -0.15) is 0 Å². The van der Waals surface area contributed by atoms with E-state index < -0.39 is 11.8 Å². The number of benzene rings is 1. The smallest absolute Gasteiger partial charge is 0.303 e. The van der Waals surface area contributed by atoms with Crippen LogP contribution in [0.2, 0.25) is 0 Å². The Morgan fingerprint density at radius 2 is 1.95 bits per heavy atom. The Labute approximate surface area is 122 Å². The van der Waals surface area contributed by atoms with Crippen LogP contribution in [-0.4, -0.2) is 40.1 Å². The van der Waals surface area contributed by atoms with Crippen LogP contribution in [0.25, 0.3) is 0 Å². The number of piperidine rings is 1. The second-order valence-corrected chi connectivity index (χ2v) is 5.33. The average Bonchev–Trinajstić information content (AvgIpc) is 2.47. The summed E-state index contributed by atoms with van der Waals surface area (Å²) in [7, 11) is 0. The maximum absolute atomic E-state index is 13.2. The molecule has 0 radical (unpaired) electrons. The molecule has 0 atom stereocenters. The molecular formula is C15H18FNO4. The molecule has 0 spiro atoms. The molecule has 6 heteroatoms. The van der Waals surface area contributed by atoms with E-state index in [1.165, 1.54) is 6.07 Å². The fraction of sp³-hybridized carbons (Fsp3) is 0.467. The van der Waals surface area contributed by atoms with E-state index in [1.807, 2.05) is 0 Å². The first kappa shape index (κ1) is 15.3. The molecule has 2 rings (SSSR count). The number of likely N-dealkylation sites (tertiary alicyclic amines) is 1. The molecule has 1 aliphatic heterocycles. The van der Waals surface area contributed by atoms with Crippen molar-refractivity contribution in [1.82, 2.24) is 4.90 Å². The van der Waals surface area contributed by atoms with E-state index in [-0.39, 0.29) is 23.6 Å². The van der Waals surface area contributed by atoms with E-state index in [0.717, 1.165) is 25.0 Å². The number of phenolic OH excluding ortho intramolecular Hbond substituents is 1. The molecule has 1 saturated heterocycles. The van der Waals surface area contributed by atoms with Crippen LogP contribution < -0.4 is 0 Å². The molecule has 5 nitrogen and oxygen atoms in total. The number of halogens is 1. The fourth-order valence-corrected chi connectivity index (χ4v) is 2.60. The summed E-state index contributed by atoms with van der Waals surface area (Å²) < 4.78 is 13.2. The van der Waals surface area contributed by atoms with Crippen LogP contribution in [0.15, 0.2) is 18.2 Å². The highest BCUT2D eigenvalue weighted by Gasteiger charge is 2.25. The van der Waals surface area contributed by atoms with Crippen molar-refractivity contribution in [2.24, 2.45) is 5.92 Å². The van der Waals surface area contributed by atoms with Crippen LogP contribution in [0.4, 0.5) is 4.39 Å². The van der Waals surface area contributed by atoms with Crippen molar-refractivity contribution in [3.63, 3.8) is 0 Å². The molecule has 0 unspecified atom stereocenters. The monoisotopic (exact) mass is 295 g/mol. The SMILES string of the molecule is O=C(O)CCC1CCN(C(=O)c2cc(F)ccc2O)CC1. The lowest BCUT2D eigenvalue weighted by atomic mass is 9.92. The van der Waals surface area contributed by atoms with Gasteiger partial charge in [0.1, 0.15) is 11.6 Å². The number of aliphatic carboxylic acids is 1. The average molecular weight is 295 g/mol. The molecule has 1 heterocycles. The number of hydrogen-bond acceptors (Lipinski definition) is 3. The lowest BCUT2D eigenvalue weighted by molar-refractivity contribution is -0.137. The third-order valence-electron chi connectivity index (χ3n) is 3.86. The van der Waals surface area contributed by atoms with Gasteiger partial charge in [0.25, 0.3) is 5.91 Å². The molecular weight excluding hydrogens is 277 g/mol. The van der Waals surface area contributed by atoms with Gasteiger partial charge in [-0.1, -0.05) is 0 Å². The van der Waals surface area contributed by atoms with Gasteiger partial charge in [-0.05, 0) is 43.4 Å². The largest absolute Gasteiger partial charge is 0.507 e. The van der Waals surface area contributed by atoms with Crippen molar-refractivity contribution in [3.05, 3.63) is 29.6 Å². The van der Waals surface area contributed by atoms with Crippen molar-refractivity contribution in [3.8, 4) is 5.75 Å². The van der Waals surface area contributed by atoms with E-state index in [2.05, 4.69) is 0 Å². The maximum Gasteiger partial charge on any atom is 0.303 e. The molecule has 114 valence electrons. The lowest BCUT2D eigenvalue weighted by Crippen LogP contribution is -2.38. The van der Waals surface area contributed by atoms with Gasteiger partial charge in [-0.25, -0.2) is 4.39 Å². The molecule has 0 aliphatic carbocycles. The van der Waals surface area contributed by atoms with E-state index in [0.29, 0.717) is 25.4 Å². The normalized spacial score (nSPS) is 16.0. The Bertz CT molecular complexity index is 538. The number of carbonyl (C=O) groups is 2. The zero-order chi connectivity index (χ0) is 15.4. The van der Waals surface area contributed by atoms with Gasteiger partial charge < -0.3 is 15.1 Å². The molecule has 21 heavy (non-hydrogen) atoms. The Morgan fingerprint density at radius 3 is 2.57 bits per heavy atom.